The fourth-order valence-electron chi connectivity index (χ4n) is 2.03. The van der Waals surface area contributed by atoms with E-state index in [1.165, 1.54) is 13.2 Å². The molecule has 4 heteroatoms. The van der Waals surface area contributed by atoms with Crippen molar-refractivity contribution in [3.05, 3.63) is 59.7 Å². The largest absolute Gasteiger partial charge is 0.494 e. The average molecular weight is 261 g/mol. The third kappa shape index (κ3) is 3.29. The van der Waals surface area contributed by atoms with Gasteiger partial charge in [-0.05, 0) is 35.7 Å². The fourth-order valence-corrected chi connectivity index (χ4v) is 2.03. The van der Waals surface area contributed by atoms with E-state index < -0.39 is 5.82 Å². The van der Waals surface area contributed by atoms with Crippen LogP contribution in [0.3, 0.4) is 0 Å². The molecule has 0 amide bonds. The highest BCUT2D eigenvalue weighted by Gasteiger charge is 2.14. The van der Waals surface area contributed by atoms with Gasteiger partial charge in [0, 0.05) is 18.3 Å². The number of aliphatic hydroxyl groups excluding tert-OH is 1. The van der Waals surface area contributed by atoms with Crippen LogP contribution in [-0.2, 0) is 6.42 Å². The lowest BCUT2D eigenvalue weighted by atomic mass is 9.93. The van der Waals surface area contributed by atoms with Gasteiger partial charge in [0.2, 0.25) is 0 Å². The van der Waals surface area contributed by atoms with Crippen LogP contribution in [0, 0.1) is 5.82 Å². The molecule has 0 radical (unpaired) electrons. The quantitative estimate of drug-likeness (QED) is 0.899. The highest BCUT2D eigenvalue weighted by atomic mass is 19.1. The van der Waals surface area contributed by atoms with Gasteiger partial charge in [-0.2, -0.15) is 0 Å². The van der Waals surface area contributed by atoms with Crippen molar-refractivity contribution in [2.24, 2.45) is 0 Å². The van der Waals surface area contributed by atoms with Crippen molar-refractivity contribution in [3.8, 4) is 5.75 Å². The maximum Gasteiger partial charge on any atom is 0.165 e. The lowest BCUT2D eigenvalue weighted by molar-refractivity contribution is 0.264. The molecule has 1 heterocycles. The molecular formula is C15H16FNO2. The zero-order valence-electron chi connectivity index (χ0n) is 10.7. The lowest BCUT2D eigenvalue weighted by Crippen LogP contribution is -2.08. The summed E-state index contributed by atoms with van der Waals surface area (Å²) >= 11 is 0. The van der Waals surface area contributed by atoms with Crippen LogP contribution in [0.4, 0.5) is 4.39 Å². The first-order valence-corrected chi connectivity index (χ1v) is 6.07. The standard InChI is InChI=1S/C15H16FNO2/c1-19-15-5-4-12(8-14(15)16)13(10-18)7-11-3-2-6-17-9-11/h2-6,8-9,13,18H,7,10H2,1H3. The van der Waals surface area contributed by atoms with Gasteiger partial charge >= 0.3 is 0 Å². The summed E-state index contributed by atoms with van der Waals surface area (Å²) in [5.41, 5.74) is 1.77. The van der Waals surface area contributed by atoms with E-state index in [4.69, 9.17) is 4.74 Å². The Morgan fingerprint density at radius 1 is 1.37 bits per heavy atom. The van der Waals surface area contributed by atoms with Crippen LogP contribution in [0.1, 0.15) is 17.0 Å². The van der Waals surface area contributed by atoms with Crippen LogP contribution < -0.4 is 4.74 Å². The number of hydrogen-bond donors (Lipinski definition) is 1. The Morgan fingerprint density at radius 2 is 2.21 bits per heavy atom. The summed E-state index contributed by atoms with van der Waals surface area (Å²) in [5, 5.41) is 9.48. The molecular weight excluding hydrogens is 245 g/mol. The van der Waals surface area contributed by atoms with Crippen LogP contribution in [0.25, 0.3) is 0 Å². The molecule has 0 fully saturated rings. The molecule has 1 unspecified atom stereocenters. The van der Waals surface area contributed by atoms with Crippen LogP contribution in [0.15, 0.2) is 42.7 Å². The topological polar surface area (TPSA) is 42.4 Å². The van der Waals surface area contributed by atoms with Crippen molar-refractivity contribution >= 4 is 0 Å². The summed E-state index contributed by atoms with van der Waals surface area (Å²) in [6.07, 6.45) is 4.07. The van der Waals surface area contributed by atoms with E-state index in [0.29, 0.717) is 6.42 Å². The van der Waals surface area contributed by atoms with E-state index in [9.17, 15) is 9.50 Å². The maximum absolute atomic E-state index is 13.7. The van der Waals surface area contributed by atoms with Crippen molar-refractivity contribution in [1.29, 1.82) is 0 Å². The number of ether oxygens (including phenoxy) is 1. The molecule has 2 aromatic rings. The monoisotopic (exact) mass is 261 g/mol. The minimum atomic E-state index is -0.412. The number of nitrogens with zero attached hydrogens (tertiary/aromatic N) is 1. The Labute approximate surface area is 111 Å². The van der Waals surface area contributed by atoms with E-state index >= 15 is 0 Å². The molecule has 2 rings (SSSR count). The zero-order chi connectivity index (χ0) is 13.7. The van der Waals surface area contributed by atoms with Gasteiger partial charge in [0.05, 0.1) is 13.7 Å². The van der Waals surface area contributed by atoms with Gasteiger partial charge in [0.1, 0.15) is 0 Å². The van der Waals surface area contributed by atoms with Crippen LogP contribution >= 0.6 is 0 Å². The van der Waals surface area contributed by atoms with Crippen molar-refractivity contribution in [2.45, 2.75) is 12.3 Å². The summed E-state index contributed by atoms with van der Waals surface area (Å²) in [4.78, 5) is 4.03. The number of aromatic nitrogens is 1. The summed E-state index contributed by atoms with van der Waals surface area (Å²) in [6.45, 7) is -0.0410. The van der Waals surface area contributed by atoms with Crippen LogP contribution in [0.2, 0.25) is 0 Å². The zero-order valence-corrected chi connectivity index (χ0v) is 10.7. The Bertz CT molecular complexity index is 531. The summed E-state index contributed by atoms with van der Waals surface area (Å²) in [5.74, 6) is -0.351. The number of rotatable bonds is 5. The molecule has 0 spiro atoms. The van der Waals surface area contributed by atoms with Crippen LogP contribution in [-0.4, -0.2) is 23.8 Å². The van der Waals surface area contributed by atoms with Crippen molar-refractivity contribution in [2.75, 3.05) is 13.7 Å². The molecule has 3 nitrogen and oxygen atoms in total. The molecule has 0 aliphatic rings. The Morgan fingerprint density at radius 3 is 2.79 bits per heavy atom. The van der Waals surface area contributed by atoms with E-state index in [1.54, 1.807) is 24.5 Å². The Kier molecular flexibility index (Phi) is 4.47. The predicted octanol–water partition coefficient (Wildman–Crippen LogP) is 2.55. The summed E-state index contributed by atoms with van der Waals surface area (Å²) in [6, 6.07) is 8.56. The maximum atomic E-state index is 13.7. The van der Waals surface area contributed by atoms with E-state index in [0.717, 1.165) is 11.1 Å². The number of pyridine rings is 1. The number of methoxy groups -OCH3 is 1. The predicted molar refractivity (Wildman–Crippen MR) is 70.7 cm³/mol. The number of hydrogen-bond acceptors (Lipinski definition) is 3. The third-order valence-corrected chi connectivity index (χ3v) is 3.07. The van der Waals surface area contributed by atoms with Crippen molar-refractivity contribution in [3.63, 3.8) is 0 Å². The average Bonchev–Trinajstić information content (AvgIpc) is 2.46. The smallest absolute Gasteiger partial charge is 0.165 e. The molecule has 100 valence electrons. The molecule has 0 bridgehead atoms. The van der Waals surface area contributed by atoms with Gasteiger partial charge in [-0.3, -0.25) is 4.98 Å². The lowest BCUT2D eigenvalue weighted by Gasteiger charge is -2.15. The highest BCUT2D eigenvalue weighted by Crippen LogP contribution is 2.25. The van der Waals surface area contributed by atoms with E-state index in [-0.39, 0.29) is 18.3 Å². The first-order valence-electron chi connectivity index (χ1n) is 6.07. The molecule has 1 atom stereocenters. The number of halogens is 1. The molecule has 0 saturated carbocycles. The summed E-state index contributed by atoms with van der Waals surface area (Å²) < 4.78 is 18.6. The van der Waals surface area contributed by atoms with Gasteiger partial charge in [0.15, 0.2) is 11.6 Å². The molecule has 19 heavy (non-hydrogen) atoms. The molecule has 0 aliphatic carbocycles. The van der Waals surface area contributed by atoms with Gasteiger partial charge in [-0.1, -0.05) is 12.1 Å². The number of aliphatic hydroxyl groups is 1. The fraction of sp³-hybridized carbons (Fsp3) is 0.267. The highest BCUT2D eigenvalue weighted by molar-refractivity contribution is 5.32. The minimum absolute atomic E-state index is 0.0410. The molecule has 1 N–H and O–H groups in total. The number of benzene rings is 1. The second kappa shape index (κ2) is 6.29. The van der Waals surface area contributed by atoms with Gasteiger partial charge in [-0.15, -0.1) is 0 Å². The van der Waals surface area contributed by atoms with Crippen molar-refractivity contribution < 1.29 is 14.2 Å². The second-order valence-electron chi connectivity index (χ2n) is 4.34. The van der Waals surface area contributed by atoms with Gasteiger partial charge in [0.25, 0.3) is 0 Å². The van der Waals surface area contributed by atoms with Gasteiger partial charge in [-0.25, -0.2) is 4.39 Å². The van der Waals surface area contributed by atoms with Crippen LogP contribution in [0.5, 0.6) is 5.75 Å². The van der Waals surface area contributed by atoms with E-state index in [2.05, 4.69) is 4.98 Å². The summed E-state index contributed by atoms with van der Waals surface area (Å²) in [7, 11) is 1.43. The Balaban J connectivity index is 2.20. The van der Waals surface area contributed by atoms with E-state index in [1.807, 2.05) is 12.1 Å². The second-order valence-corrected chi connectivity index (χ2v) is 4.34. The van der Waals surface area contributed by atoms with Gasteiger partial charge < -0.3 is 9.84 Å². The molecule has 1 aromatic carbocycles. The first-order chi connectivity index (χ1) is 9.24. The third-order valence-electron chi connectivity index (χ3n) is 3.07. The Hall–Kier alpha value is -1.94. The SMILES string of the molecule is COc1ccc(C(CO)Cc2cccnc2)cc1F. The normalized spacial score (nSPS) is 12.2. The van der Waals surface area contributed by atoms with Crippen molar-refractivity contribution in [1.82, 2.24) is 4.98 Å². The molecule has 1 aromatic heterocycles. The minimum Gasteiger partial charge on any atom is -0.494 e. The first kappa shape index (κ1) is 13.5. The molecule has 0 saturated heterocycles. The molecule has 0 aliphatic heterocycles.